The second-order valence-corrected chi connectivity index (χ2v) is 5.07. The maximum atomic E-state index is 5.95. The van der Waals surface area contributed by atoms with Crippen molar-refractivity contribution in [1.29, 1.82) is 0 Å². The SMILES string of the molecule is CCC(N)Cc1cnn(CCCc2ccccc2)c1. The molecule has 1 heterocycles. The molecule has 0 spiro atoms. The second-order valence-electron chi connectivity index (χ2n) is 5.07. The molecule has 0 fully saturated rings. The van der Waals surface area contributed by atoms with Crippen LogP contribution >= 0.6 is 0 Å². The first-order chi connectivity index (χ1) is 9.28. The zero-order valence-corrected chi connectivity index (χ0v) is 11.6. The molecule has 102 valence electrons. The van der Waals surface area contributed by atoms with Gasteiger partial charge in [-0.15, -0.1) is 0 Å². The summed E-state index contributed by atoms with van der Waals surface area (Å²) >= 11 is 0. The van der Waals surface area contributed by atoms with E-state index >= 15 is 0 Å². The zero-order valence-electron chi connectivity index (χ0n) is 11.6. The molecule has 1 aromatic carbocycles. The summed E-state index contributed by atoms with van der Waals surface area (Å²) in [7, 11) is 0. The summed E-state index contributed by atoms with van der Waals surface area (Å²) < 4.78 is 2.03. The van der Waals surface area contributed by atoms with Crippen LogP contribution in [0.2, 0.25) is 0 Å². The van der Waals surface area contributed by atoms with Gasteiger partial charge in [-0.2, -0.15) is 5.10 Å². The van der Waals surface area contributed by atoms with Crippen molar-refractivity contribution < 1.29 is 0 Å². The molecule has 2 N–H and O–H groups in total. The molecule has 0 aliphatic carbocycles. The van der Waals surface area contributed by atoms with Crippen LogP contribution in [0.1, 0.15) is 30.9 Å². The Balaban J connectivity index is 1.77. The van der Waals surface area contributed by atoms with Gasteiger partial charge in [-0.05, 0) is 36.8 Å². The van der Waals surface area contributed by atoms with E-state index < -0.39 is 0 Å². The average Bonchev–Trinajstić information content (AvgIpc) is 2.87. The van der Waals surface area contributed by atoms with Gasteiger partial charge < -0.3 is 5.73 Å². The largest absolute Gasteiger partial charge is 0.327 e. The number of rotatable bonds is 7. The summed E-state index contributed by atoms with van der Waals surface area (Å²) in [5.74, 6) is 0. The summed E-state index contributed by atoms with van der Waals surface area (Å²) in [6.07, 6.45) is 8.22. The minimum atomic E-state index is 0.252. The maximum absolute atomic E-state index is 5.95. The smallest absolute Gasteiger partial charge is 0.0522 e. The highest BCUT2D eigenvalue weighted by molar-refractivity contribution is 5.14. The van der Waals surface area contributed by atoms with Crippen LogP contribution in [-0.2, 0) is 19.4 Å². The van der Waals surface area contributed by atoms with Crippen molar-refractivity contribution in [3.63, 3.8) is 0 Å². The molecule has 0 saturated carbocycles. The lowest BCUT2D eigenvalue weighted by molar-refractivity contribution is 0.577. The van der Waals surface area contributed by atoms with Crippen LogP contribution < -0.4 is 5.73 Å². The molecule has 1 aromatic heterocycles. The summed E-state index contributed by atoms with van der Waals surface area (Å²) in [5, 5.41) is 4.40. The van der Waals surface area contributed by atoms with Gasteiger partial charge in [-0.25, -0.2) is 0 Å². The topological polar surface area (TPSA) is 43.8 Å². The first-order valence-corrected chi connectivity index (χ1v) is 7.08. The Bertz CT molecular complexity index is 476. The molecule has 1 unspecified atom stereocenters. The molecule has 0 amide bonds. The monoisotopic (exact) mass is 257 g/mol. The van der Waals surface area contributed by atoms with Crippen LogP contribution in [0.5, 0.6) is 0 Å². The van der Waals surface area contributed by atoms with E-state index in [0.717, 1.165) is 32.2 Å². The second kappa shape index (κ2) is 7.10. The van der Waals surface area contributed by atoms with E-state index in [2.05, 4.69) is 48.6 Å². The summed E-state index contributed by atoms with van der Waals surface area (Å²) in [6.45, 7) is 3.09. The third-order valence-electron chi connectivity index (χ3n) is 3.40. The molecule has 3 heteroatoms. The van der Waals surface area contributed by atoms with Gasteiger partial charge in [-0.3, -0.25) is 4.68 Å². The van der Waals surface area contributed by atoms with Crippen LogP contribution in [0, 0.1) is 0 Å². The van der Waals surface area contributed by atoms with Gasteiger partial charge in [-0.1, -0.05) is 37.3 Å². The number of aromatic nitrogens is 2. The van der Waals surface area contributed by atoms with Gasteiger partial charge in [0.05, 0.1) is 6.20 Å². The summed E-state index contributed by atoms with van der Waals surface area (Å²) in [4.78, 5) is 0. The van der Waals surface area contributed by atoms with E-state index in [-0.39, 0.29) is 6.04 Å². The molecular formula is C16H23N3. The lowest BCUT2D eigenvalue weighted by atomic mass is 10.1. The molecule has 2 aromatic rings. The first-order valence-electron chi connectivity index (χ1n) is 7.08. The third-order valence-corrected chi connectivity index (χ3v) is 3.40. The lowest BCUT2D eigenvalue weighted by Gasteiger charge is -2.05. The quantitative estimate of drug-likeness (QED) is 0.829. The van der Waals surface area contributed by atoms with Gasteiger partial charge in [0.15, 0.2) is 0 Å². The number of nitrogens with zero attached hydrogens (tertiary/aromatic N) is 2. The van der Waals surface area contributed by atoms with Crippen LogP contribution in [0.25, 0.3) is 0 Å². The van der Waals surface area contributed by atoms with E-state index in [9.17, 15) is 0 Å². The van der Waals surface area contributed by atoms with Crippen LogP contribution in [0.15, 0.2) is 42.7 Å². The Hall–Kier alpha value is -1.61. The molecule has 19 heavy (non-hydrogen) atoms. The van der Waals surface area contributed by atoms with Gasteiger partial charge >= 0.3 is 0 Å². The van der Waals surface area contributed by atoms with Crippen molar-refractivity contribution in [3.05, 3.63) is 53.9 Å². The van der Waals surface area contributed by atoms with Crippen molar-refractivity contribution in [2.45, 2.75) is 45.2 Å². The minimum absolute atomic E-state index is 0.252. The standard InChI is InChI=1S/C16H23N3/c1-2-16(17)11-15-12-18-19(13-15)10-6-9-14-7-4-3-5-8-14/h3-5,7-8,12-13,16H,2,6,9-11,17H2,1H3. The molecule has 0 aliphatic heterocycles. The summed E-state index contributed by atoms with van der Waals surface area (Å²) in [5.41, 5.74) is 8.59. The fourth-order valence-corrected chi connectivity index (χ4v) is 2.17. The Labute approximate surface area is 115 Å². The highest BCUT2D eigenvalue weighted by Gasteiger charge is 2.04. The van der Waals surface area contributed by atoms with Crippen LogP contribution in [0.4, 0.5) is 0 Å². The third kappa shape index (κ3) is 4.52. The van der Waals surface area contributed by atoms with E-state index in [1.54, 1.807) is 0 Å². The molecular weight excluding hydrogens is 234 g/mol. The molecule has 0 radical (unpaired) electrons. The minimum Gasteiger partial charge on any atom is -0.327 e. The van der Waals surface area contributed by atoms with E-state index in [1.165, 1.54) is 11.1 Å². The molecule has 2 rings (SSSR count). The molecule has 0 bridgehead atoms. The number of aryl methyl sites for hydroxylation is 2. The zero-order chi connectivity index (χ0) is 13.5. The van der Waals surface area contributed by atoms with Crippen molar-refractivity contribution in [2.75, 3.05) is 0 Å². The summed E-state index contributed by atoms with van der Waals surface area (Å²) in [6, 6.07) is 10.8. The Morgan fingerprint density at radius 2 is 2.00 bits per heavy atom. The average molecular weight is 257 g/mol. The number of benzene rings is 1. The Morgan fingerprint density at radius 1 is 1.21 bits per heavy atom. The Morgan fingerprint density at radius 3 is 2.74 bits per heavy atom. The van der Waals surface area contributed by atoms with E-state index in [0.29, 0.717) is 0 Å². The highest BCUT2D eigenvalue weighted by atomic mass is 15.3. The maximum Gasteiger partial charge on any atom is 0.0522 e. The molecule has 0 saturated heterocycles. The van der Waals surface area contributed by atoms with Gasteiger partial charge in [0.25, 0.3) is 0 Å². The van der Waals surface area contributed by atoms with Gasteiger partial charge in [0.2, 0.25) is 0 Å². The molecule has 1 atom stereocenters. The fourth-order valence-electron chi connectivity index (χ4n) is 2.17. The molecule has 0 aliphatic rings. The Kier molecular flexibility index (Phi) is 5.16. The van der Waals surface area contributed by atoms with Crippen molar-refractivity contribution in [2.24, 2.45) is 5.73 Å². The number of hydrogen-bond donors (Lipinski definition) is 1. The first kappa shape index (κ1) is 13.8. The highest BCUT2D eigenvalue weighted by Crippen LogP contribution is 2.06. The van der Waals surface area contributed by atoms with E-state index in [1.807, 2.05) is 10.9 Å². The van der Waals surface area contributed by atoms with Gasteiger partial charge in [0, 0.05) is 18.8 Å². The van der Waals surface area contributed by atoms with E-state index in [4.69, 9.17) is 5.73 Å². The fraction of sp³-hybridized carbons (Fsp3) is 0.438. The van der Waals surface area contributed by atoms with Crippen molar-refractivity contribution in [1.82, 2.24) is 9.78 Å². The van der Waals surface area contributed by atoms with Crippen molar-refractivity contribution in [3.8, 4) is 0 Å². The van der Waals surface area contributed by atoms with Crippen LogP contribution in [0.3, 0.4) is 0 Å². The van der Waals surface area contributed by atoms with Gasteiger partial charge in [0.1, 0.15) is 0 Å². The lowest BCUT2D eigenvalue weighted by Crippen LogP contribution is -2.21. The molecule has 3 nitrogen and oxygen atoms in total. The normalized spacial score (nSPS) is 12.5. The predicted octanol–water partition coefficient (Wildman–Crippen LogP) is 2.80. The number of hydrogen-bond acceptors (Lipinski definition) is 2. The van der Waals surface area contributed by atoms with Crippen LogP contribution in [-0.4, -0.2) is 15.8 Å². The van der Waals surface area contributed by atoms with Crippen molar-refractivity contribution >= 4 is 0 Å². The predicted molar refractivity (Wildman–Crippen MR) is 79.0 cm³/mol. The number of nitrogens with two attached hydrogens (primary N) is 1.